The second-order valence-corrected chi connectivity index (χ2v) is 8.06. The first-order valence-electron chi connectivity index (χ1n) is 8.50. The van der Waals surface area contributed by atoms with Crippen LogP contribution in [0.1, 0.15) is 66.9 Å². The van der Waals surface area contributed by atoms with Gasteiger partial charge in [-0.05, 0) is 38.5 Å². The molecule has 0 aliphatic heterocycles. The average molecular weight is 322 g/mol. The van der Waals surface area contributed by atoms with Crippen LogP contribution in [0.3, 0.4) is 0 Å². The highest BCUT2D eigenvalue weighted by Gasteiger charge is 2.32. The number of amides is 1. The topological polar surface area (TPSA) is 53.4 Å². The molecule has 4 nitrogen and oxygen atoms in total. The third kappa shape index (κ3) is 3.69. The first-order valence-corrected chi connectivity index (χ1v) is 9.31. The molecule has 0 radical (unpaired) electrons. The summed E-state index contributed by atoms with van der Waals surface area (Å²) in [4.78, 5) is 20.2. The summed E-state index contributed by atoms with van der Waals surface area (Å²) in [6.45, 7) is 0.576. The summed E-state index contributed by atoms with van der Waals surface area (Å²) in [6.07, 6.45) is 9.75. The Bertz CT molecular complexity index is 511. The van der Waals surface area contributed by atoms with E-state index in [4.69, 9.17) is 4.98 Å². The third-order valence-electron chi connectivity index (χ3n) is 4.95. The Morgan fingerprint density at radius 2 is 1.95 bits per heavy atom. The summed E-state index contributed by atoms with van der Waals surface area (Å²) in [6, 6.07) is 0. The third-order valence-corrected chi connectivity index (χ3v) is 6.09. The molecule has 0 saturated heterocycles. The molecule has 1 amide bonds. The second-order valence-electron chi connectivity index (χ2n) is 6.90. The van der Waals surface area contributed by atoms with E-state index < -0.39 is 5.60 Å². The smallest absolute Gasteiger partial charge is 0.225 e. The first-order chi connectivity index (χ1) is 10.6. The van der Waals surface area contributed by atoms with Gasteiger partial charge in [-0.2, -0.15) is 0 Å². The van der Waals surface area contributed by atoms with Gasteiger partial charge in [-0.1, -0.05) is 19.3 Å². The van der Waals surface area contributed by atoms with E-state index in [1.807, 2.05) is 7.05 Å². The van der Waals surface area contributed by atoms with Crippen LogP contribution >= 0.6 is 11.3 Å². The lowest BCUT2D eigenvalue weighted by Crippen LogP contribution is -2.39. The average Bonchev–Trinajstić information content (AvgIpc) is 2.89. The molecular weight excluding hydrogens is 296 g/mol. The second kappa shape index (κ2) is 6.67. The molecule has 0 atom stereocenters. The number of nitrogens with zero attached hydrogens (tertiary/aromatic N) is 2. The van der Waals surface area contributed by atoms with Gasteiger partial charge in [0, 0.05) is 11.9 Å². The van der Waals surface area contributed by atoms with Crippen molar-refractivity contribution < 1.29 is 9.90 Å². The van der Waals surface area contributed by atoms with E-state index in [9.17, 15) is 9.90 Å². The number of rotatable bonds is 4. The van der Waals surface area contributed by atoms with E-state index in [1.54, 1.807) is 16.2 Å². The van der Waals surface area contributed by atoms with Gasteiger partial charge >= 0.3 is 0 Å². The molecule has 1 heterocycles. The quantitative estimate of drug-likeness (QED) is 0.927. The van der Waals surface area contributed by atoms with Crippen molar-refractivity contribution in [3.63, 3.8) is 0 Å². The zero-order chi connectivity index (χ0) is 15.6. The van der Waals surface area contributed by atoms with Crippen LogP contribution in [0.2, 0.25) is 0 Å². The number of aryl methyl sites for hydroxylation is 2. The summed E-state index contributed by atoms with van der Waals surface area (Å²) in [5.41, 5.74) is 0.476. The normalized spacial score (nSPS) is 20.5. The minimum Gasteiger partial charge on any atom is -0.389 e. The Hall–Kier alpha value is -0.940. The largest absolute Gasteiger partial charge is 0.389 e. The minimum absolute atomic E-state index is 0.0394. The van der Waals surface area contributed by atoms with Crippen molar-refractivity contribution in [2.75, 3.05) is 7.05 Å². The molecule has 2 aliphatic rings. The molecule has 3 rings (SSSR count). The SMILES string of the molecule is CN(Cc1nc2c(s1)CCCC2)C(=O)CC1(O)CCCCC1. The van der Waals surface area contributed by atoms with Crippen molar-refractivity contribution in [1.29, 1.82) is 0 Å². The van der Waals surface area contributed by atoms with Crippen molar-refractivity contribution in [2.45, 2.75) is 76.4 Å². The zero-order valence-corrected chi connectivity index (χ0v) is 14.3. The molecule has 0 aromatic carbocycles. The number of aromatic nitrogens is 1. The molecule has 22 heavy (non-hydrogen) atoms. The fourth-order valence-corrected chi connectivity index (χ4v) is 4.78. The molecule has 1 saturated carbocycles. The van der Waals surface area contributed by atoms with Crippen molar-refractivity contribution >= 4 is 17.2 Å². The molecule has 1 aromatic heterocycles. The van der Waals surface area contributed by atoms with E-state index in [2.05, 4.69) is 0 Å². The number of carbonyl (C=O) groups is 1. The fourth-order valence-electron chi connectivity index (χ4n) is 3.57. The van der Waals surface area contributed by atoms with E-state index in [0.717, 1.165) is 43.5 Å². The van der Waals surface area contributed by atoms with Crippen LogP contribution in [0.15, 0.2) is 0 Å². The van der Waals surface area contributed by atoms with Gasteiger partial charge in [0.1, 0.15) is 5.01 Å². The molecule has 0 bridgehead atoms. The first kappa shape index (κ1) is 15.9. The summed E-state index contributed by atoms with van der Waals surface area (Å²) < 4.78 is 0. The maximum Gasteiger partial charge on any atom is 0.225 e. The Morgan fingerprint density at radius 1 is 1.23 bits per heavy atom. The maximum atomic E-state index is 12.4. The number of fused-ring (bicyclic) bond motifs is 1. The molecule has 1 N–H and O–H groups in total. The van der Waals surface area contributed by atoms with Crippen LogP contribution in [0.5, 0.6) is 0 Å². The van der Waals surface area contributed by atoms with Crippen molar-refractivity contribution in [1.82, 2.24) is 9.88 Å². The molecule has 0 spiro atoms. The highest BCUT2D eigenvalue weighted by molar-refractivity contribution is 7.11. The van der Waals surface area contributed by atoms with Crippen LogP contribution in [0, 0.1) is 0 Å². The standard InChI is InChI=1S/C17H26N2O2S/c1-19(16(20)11-17(21)9-5-2-6-10-17)12-15-18-13-7-3-4-8-14(13)22-15/h21H,2-12H2,1H3. The molecule has 0 unspecified atom stereocenters. The van der Waals surface area contributed by atoms with Gasteiger partial charge in [-0.25, -0.2) is 4.98 Å². The van der Waals surface area contributed by atoms with Gasteiger partial charge in [0.2, 0.25) is 5.91 Å². The van der Waals surface area contributed by atoms with E-state index >= 15 is 0 Å². The lowest BCUT2D eigenvalue weighted by atomic mass is 9.82. The van der Waals surface area contributed by atoms with Gasteiger partial charge in [0.05, 0.1) is 24.3 Å². The molecule has 2 aliphatic carbocycles. The lowest BCUT2D eigenvalue weighted by Gasteiger charge is -2.32. The number of hydrogen-bond donors (Lipinski definition) is 1. The summed E-state index contributed by atoms with van der Waals surface area (Å²) in [5, 5.41) is 11.6. The van der Waals surface area contributed by atoms with Gasteiger partial charge in [-0.15, -0.1) is 11.3 Å². The van der Waals surface area contributed by atoms with Crippen LogP contribution in [-0.2, 0) is 24.2 Å². The van der Waals surface area contributed by atoms with Gasteiger partial charge in [0.25, 0.3) is 0 Å². The summed E-state index contributed by atoms with van der Waals surface area (Å²) >= 11 is 1.76. The summed E-state index contributed by atoms with van der Waals surface area (Å²) in [7, 11) is 1.83. The maximum absolute atomic E-state index is 12.4. The number of carbonyl (C=O) groups excluding carboxylic acids is 1. The Kier molecular flexibility index (Phi) is 4.83. The molecule has 122 valence electrons. The Morgan fingerprint density at radius 3 is 2.68 bits per heavy atom. The van der Waals surface area contributed by atoms with Gasteiger partial charge in [0.15, 0.2) is 0 Å². The lowest BCUT2D eigenvalue weighted by molar-refractivity contribution is -0.137. The monoisotopic (exact) mass is 322 g/mol. The van der Waals surface area contributed by atoms with Gasteiger partial charge in [-0.3, -0.25) is 4.79 Å². The molecule has 5 heteroatoms. The highest BCUT2D eigenvalue weighted by Crippen LogP contribution is 2.32. The molecular formula is C17H26N2O2S. The van der Waals surface area contributed by atoms with Crippen molar-refractivity contribution in [2.24, 2.45) is 0 Å². The van der Waals surface area contributed by atoms with Crippen molar-refractivity contribution in [3.05, 3.63) is 15.6 Å². The van der Waals surface area contributed by atoms with Crippen LogP contribution in [-0.4, -0.2) is 33.5 Å². The Labute approximate surface area is 136 Å². The van der Waals surface area contributed by atoms with Crippen LogP contribution in [0.4, 0.5) is 0 Å². The van der Waals surface area contributed by atoms with Gasteiger partial charge < -0.3 is 10.0 Å². The Balaban J connectivity index is 1.57. The van der Waals surface area contributed by atoms with E-state index in [-0.39, 0.29) is 12.3 Å². The molecule has 1 fully saturated rings. The van der Waals surface area contributed by atoms with Crippen LogP contribution in [0.25, 0.3) is 0 Å². The number of aliphatic hydroxyl groups is 1. The zero-order valence-electron chi connectivity index (χ0n) is 13.4. The number of thiazole rings is 1. The molecule has 1 aromatic rings. The highest BCUT2D eigenvalue weighted by atomic mass is 32.1. The fraction of sp³-hybridized carbons (Fsp3) is 0.765. The predicted octanol–water partition coefficient (Wildman–Crippen LogP) is 3.07. The minimum atomic E-state index is -0.772. The predicted molar refractivity (Wildman–Crippen MR) is 87.9 cm³/mol. The number of hydrogen-bond acceptors (Lipinski definition) is 4. The van der Waals surface area contributed by atoms with Crippen molar-refractivity contribution in [3.8, 4) is 0 Å². The van der Waals surface area contributed by atoms with E-state index in [0.29, 0.717) is 6.54 Å². The van der Waals surface area contributed by atoms with Crippen LogP contribution < -0.4 is 0 Å². The van der Waals surface area contributed by atoms with E-state index in [1.165, 1.54) is 29.8 Å². The summed E-state index contributed by atoms with van der Waals surface area (Å²) in [5.74, 6) is 0.0394.